The lowest BCUT2D eigenvalue weighted by atomic mass is 9.86. The van der Waals surface area contributed by atoms with Crippen molar-refractivity contribution >= 4 is 11.9 Å². The summed E-state index contributed by atoms with van der Waals surface area (Å²) in [5.74, 6) is 1.72. The lowest BCUT2D eigenvalue weighted by Crippen LogP contribution is -2.37. The molecule has 2 atom stereocenters. The molecule has 6 heteroatoms. The Morgan fingerprint density at radius 2 is 2.04 bits per heavy atom. The largest absolute Gasteiger partial charge is 0.348 e. The molecule has 4 rings (SSSR count). The first-order valence-electron chi connectivity index (χ1n) is 10.4. The Morgan fingerprint density at radius 3 is 2.79 bits per heavy atom. The quantitative estimate of drug-likeness (QED) is 0.884. The third-order valence-corrected chi connectivity index (χ3v) is 6.06. The molecule has 2 aromatic heterocycles. The fourth-order valence-corrected chi connectivity index (χ4v) is 4.12. The van der Waals surface area contributed by atoms with Crippen LogP contribution < -0.4 is 10.2 Å². The topological polar surface area (TPSA) is 71.0 Å². The molecule has 3 heterocycles. The van der Waals surface area contributed by atoms with Crippen LogP contribution in [0.15, 0.2) is 30.6 Å². The standard InChI is InChI=1S/C22H29N5O/c1-15-8-11-27(12-9-15)22-24-14-18-13-17(6-7-20(18)26-22)21(28)25-16(2)19-5-3-4-10-23-19/h3-5,10,14-17H,6-9,11-13H2,1-2H3,(H,25,28)/t16-,17+/m0/s1. The molecule has 1 saturated heterocycles. The number of hydrogen-bond acceptors (Lipinski definition) is 5. The van der Waals surface area contributed by atoms with E-state index < -0.39 is 0 Å². The molecule has 0 radical (unpaired) electrons. The third kappa shape index (κ3) is 4.16. The van der Waals surface area contributed by atoms with Crippen LogP contribution in [0.4, 0.5) is 5.95 Å². The maximum atomic E-state index is 12.7. The number of pyridine rings is 1. The van der Waals surface area contributed by atoms with E-state index in [1.807, 2.05) is 31.3 Å². The average molecular weight is 380 g/mol. The summed E-state index contributed by atoms with van der Waals surface area (Å²) in [5, 5.41) is 3.11. The third-order valence-electron chi connectivity index (χ3n) is 6.06. The maximum absolute atomic E-state index is 12.7. The second-order valence-electron chi connectivity index (χ2n) is 8.24. The number of carbonyl (C=O) groups excluding carboxylic acids is 1. The molecule has 0 spiro atoms. The molecule has 0 saturated carbocycles. The number of aryl methyl sites for hydroxylation is 1. The molecule has 2 aliphatic rings. The van der Waals surface area contributed by atoms with E-state index >= 15 is 0 Å². The van der Waals surface area contributed by atoms with Crippen LogP contribution in [-0.2, 0) is 17.6 Å². The van der Waals surface area contributed by atoms with Gasteiger partial charge in [0.2, 0.25) is 11.9 Å². The minimum absolute atomic E-state index is 0.0241. The van der Waals surface area contributed by atoms with Crippen molar-refractivity contribution in [2.75, 3.05) is 18.0 Å². The Hall–Kier alpha value is -2.50. The van der Waals surface area contributed by atoms with E-state index in [0.717, 1.165) is 54.7 Å². The van der Waals surface area contributed by atoms with Gasteiger partial charge >= 0.3 is 0 Å². The number of rotatable bonds is 4. The van der Waals surface area contributed by atoms with Crippen molar-refractivity contribution < 1.29 is 4.79 Å². The molecule has 2 aromatic rings. The van der Waals surface area contributed by atoms with E-state index in [9.17, 15) is 4.79 Å². The maximum Gasteiger partial charge on any atom is 0.225 e. The zero-order valence-corrected chi connectivity index (χ0v) is 16.8. The summed E-state index contributed by atoms with van der Waals surface area (Å²) in [6.45, 7) is 6.36. The summed E-state index contributed by atoms with van der Waals surface area (Å²) in [4.78, 5) is 28.8. The van der Waals surface area contributed by atoms with E-state index in [-0.39, 0.29) is 17.9 Å². The number of amides is 1. The van der Waals surface area contributed by atoms with E-state index in [4.69, 9.17) is 4.98 Å². The zero-order chi connectivity index (χ0) is 19.5. The summed E-state index contributed by atoms with van der Waals surface area (Å²) in [6, 6.07) is 5.68. The molecule has 1 N–H and O–H groups in total. The molecule has 148 valence electrons. The number of nitrogens with one attached hydrogen (secondary N) is 1. The van der Waals surface area contributed by atoms with Crippen LogP contribution in [-0.4, -0.2) is 33.9 Å². The Kier molecular flexibility index (Phi) is 5.55. The number of nitrogens with zero attached hydrogens (tertiary/aromatic N) is 4. The van der Waals surface area contributed by atoms with Crippen molar-refractivity contribution in [1.29, 1.82) is 0 Å². The van der Waals surface area contributed by atoms with Gasteiger partial charge in [-0.3, -0.25) is 9.78 Å². The second kappa shape index (κ2) is 8.25. The highest BCUT2D eigenvalue weighted by molar-refractivity contribution is 5.79. The number of hydrogen-bond donors (Lipinski definition) is 1. The fourth-order valence-electron chi connectivity index (χ4n) is 4.12. The molecule has 1 amide bonds. The molecule has 0 aromatic carbocycles. The second-order valence-corrected chi connectivity index (χ2v) is 8.24. The first kappa shape index (κ1) is 18.8. The van der Waals surface area contributed by atoms with Gasteiger partial charge in [-0.15, -0.1) is 0 Å². The van der Waals surface area contributed by atoms with Gasteiger partial charge in [0, 0.05) is 37.1 Å². The number of carbonyl (C=O) groups is 1. The lowest BCUT2D eigenvalue weighted by molar-refractivity contribution is -0.126. The van der Waals surface area contributed by atoms with Crippen molar-refractivity contribution in [3.05, 3.63) is 47.5 Å². The number of piperidine rings is 1. The van der Waals surface area contributed by atoms with Gasteiger partial charge < -0.3 is 10.2 Å². The Bertz CT molecular complexity index is 817. The van der Waals surface area contributed by atoms with Crippen LogP contribution in [0.1, 0.15) is 56.1 Å². The minimum Gasteiger partial charge on any atom is -0.348 e. The molecular weight excluding hydrogens is 350 g/mol. The van der Waals surface area contributed by atoms with Crippen LogP contribution in [0, 0.1) is 11.8 Å². The van der Waals surface area contributed by atoms with E-state index in [1.54, 1.807) is 6.20 Å². The van der Waals surface area contributed by atoms with Crippen LogP contribution >= 0.6 is 0 Å². The first-order chi connectivity index (χ1) is 13.6. The summed E-state index contributed by atoms with van der Waals surface area (Å²) < 4.78 is 0. The summed E-state index contributed by atoms with van der Waals surface area (Å²) >= 11 is 0. The van der Waals surface area contributed by atoms with Crippen LogP contribution in [0.5, 0.6) is 0 Å². The minimum atomic E-state index is -0.0878. The van der Waals surface area contributed by atoms with Gasteiger partial charge in [-0.1, -0.05) is 13.0 Å². The van der Waals surface area contributed by atoms with Gasteiger partial charge in [-0.25, -0.2) is 9.97 Å². The fraction of sp³-hybridized carbons (Fsp3) is 0.545. The number of aromatic nitrogens is 3. The molecular formula is C22H29N5O. The first-order valence-corrected chi connectivity index (χ1v) is 10.4. The van der Waals surface area contributed by atoms with Crippen molar-refractivity contribution in [2.45, 2.75) is 52.0 Å². The SMILES string of the molecule is CC1CCN(c2ncc3c(n2)CC[C@@H](C(=O)N[C@@H](C)c2ccccn2)C3)CC1. The molecule has 1 aliphatic carbocycles. The van der Waals surface area contributed by atoms with Crippen LogP contribution in [0.25, 0.3) is 0 Å². The highest BCUT2D eigenvalue weighted by Gasteiger charge is 2.28. The normalized spacial score (nSPS) is 21.1. The van der Waals surface area contributed by atoms with E-state index in [0.29, 0.717) is 6.42 Å². The smallest absolute Gasteiger partial charge is 0.225 e. The molecule has 28 heavy (non-hydrogen) atoms. The van der Waals surface area contributed by atoms with Gasteiger partial charge in [0.05, 0.1) is 11.7 Å². The molecule has 1 aliphatic heterocycles. The van der Waals surface area contributed by atoms with Crippen molar-refractivity contribution in [1.82, 2.24) is 20.3 Å². The van der Waals surface area contributed by atoms with Gasteiger partial charge in [0.25, 0.3) is 0 Å². The Balaban J connectivity index is 1.38. The van der Waals surface area contributed by atoms with E-state index in [2.05, 4.69) is 27.1 Å². The van der Waals surface area contributed by atoms with Gasteiger partial charge in [0.1, 0.15) is 0 Å². The molecule has 0 unspecified atom stereocenters. The lowest BCUT2D eigenvalue weighted by Gasteiger charge is -2.31. The van der Waals surface area contributed by atoms with Crippen LogP contribution in [0.2, 0.25) is 0 Å². The monoisotopic (exact) mass is 379 g/mol. The predicted molar refractivity (Wildman–Crippen MR) is 109 cm³/mol. The summed E-state index contributed by atoms with van der Waals surface area (Å²) in [7, 11) is 0. The Morgan fingerprint density at radius 1 is 1.21 bits per heavy atom. The highest BCUT2D eigenvalue weighted by Crippen LogP contribution is 2.27. The molecule has 1 fully saturated rings. The van der Waals surface area contributed by atoms with Gasteiger partial charge in [-0.05, 0) is 62.6 Å². The molecule has 6 nitrogen and oxygen atoms in total. The van der Waals surface area contributed by atoms with Crippen LogP contribution in [0.3, 0.4) is 0 Å². The van der Waals surface area contributed by atoms with Crippen molar-refractivity contribution in [3.63, 3.8) is 0 Å². The van der Waals surface area contributed by atoms with Gasteiger partial charge in [0.15, 0.2) is 0 Å². The number of fused-ring (bicyclic) bond motifs is 1. The van der Waals surface area contributed by atoms with E-state index in [1.165, 1.54) is 12.8 Å². The number of anilines is 1. The summed E-state index contributed by atoms with van der Waals surface area (Å²) in [6.07, 6.45) is 8.50. The predicted octanol–water partition coefficient (Wildman–Crippen LogP) is 3.09. The molecule has 0 bridgehead atoms. The van der Waals surface area contributed by atoms with Crippen molar-refractivity contribution in [3.8, 4) is 0 Å². The summed E-state index contributed by atoms with van der Waals surface area (Å²) in [5.41, 5.74) is 3.12. The Labute approximate surface area is 166 Å². The highest BCUT2D eigenvalue weighted by atomic mass is 16.1. The van der Waals surface area contributed by atoms with Crippen molar-refractivity contribution in [2.24, 2.45) is 11.8 Å². The van der Waals surface area contributed by atoms with Gasteiger partial charge in [-0.2, -0.15) is 0 Å². The zero-order valence-electron chi connectivity index (χ0n) is 16.8. The average Bonchev–Trinajstić information content (AvgIpc) is 2.74.